The summed E-state index contributed by atoms with van der Waals surface area (Å²) in [6.07, 6.45) is 0.178. The van der Waals surface area contributed by atoms with Crippen molar-refractivity contribution < 1.29 is 38.1 Å². The maximum absolute atomic E-state index is 12.4. The van der Waals surface area contributed by atoms with Crippen LogP contribution in [0.2, 0.25) is 0 Å². The minimum absolute atomic E-state index is 0.0888. The molecule has 2 aromatic rings. The molecule has 0 saturated carbocycles. The molecule has 0 bridgehead atoms. The van der Waals surface area contributed by atoms with E-state index in [0.717, 1.165) is 11.1 Å². The molecule has 2 atom stereocenters. The normalized spacial score (nSPS) is 11.4. The van der Waals surface area contributed by atoms with Gasteiger partial charge >= 0.3 is 260 Å². The molecule has 0 heterocycles. The third kappa shape index (κ3) is 15.4. The molecular weight excluding hydrogens is 566 g/mol. The molecule has 0 radical (unpaired) electrons. The molecule has 12 nitrogen and oxygen atoms in total. The van der Waals surface area contributed by atoms with Crippen LogP contribution in [0.15, 0.2) is 60.7 Å². The van der Waals surface area contributed by atoms with E-state index in [9.17, 15) is 28.6 Å². The number of ether oxygens (including phenoxy) is 2. The van der Waals surface area contributed by atoms with Gasteiger partial charge in [-0.3, -0.25) is 0 Å². The number of carbonyl (C=O) groups is 4. The van der Waals surface area contributed by atoms with Crippen LogP contribution in [0.25, 0.3) is 0 Å². The Morgan fingerprint density at radius 2 is 1.00 bits per heavy atom. The van der Waals surface area contributed by atoms with Crippen LogP contribution in [0.1, 0.15) is 38.8 Å². The predicted octanol–water partition coefficient (Wildman–Crippen LogP) is 1.13. The molecule has 2 amide bonds. The van der Waals surface area contributed by atoms with Gasteiger partial charge in [0, 0.05) is 0 Å². The van der Waals surface area contributed by atoms with Gasteiger partial charge in [-0.2, -0.15) is 0 Å². The second-order valence-electron chi connectivity index (χ2n) is 9.56. The van der Waals surface area contributed by atoms with E-state index in [2.05, 4.69) is 10.6 Å². The van der Waals surface area contributed by atoms with Crippen LogP contribution in [0.5, 0.6) is 0 Å². The third-order valence-electron chi connectivity index (χ3n) is 6.06. The zero-order valence-electron chi connectivity index (χ0n) is 25.9. The van der Waals surface area contributed by atoms with E-state index in [-0.39, 0.29) is 51.0 Å². The number of nitrogens with zero attached hydrogens (tertiary/aromatic N) is 2. The van der Waals surface area contributed by atoms with Crippen molar-refractivity contribution in [2.75, 3.05) is 39.2 Å². The van der Waals surface area contributed by atoms with Gasteiger partial charge in [-0.1, -0.05) is 0 Å². The van der Waals surface area contributed by atoms with Gasteiger partial charge in [-0.05, 0) is 0 Å². The molecular formula is C30H42B2N4O8. The molecule has 14 heteroatoms. The van der Waals surface area contributed by atoms with Crippen LogP contribution >= 0.6 is 0 Å². The molecule has 0 aliphatic carbocycles. The molecule has 0 fully saturated rings. The van der Waals surface area contributed by atoms with E-state index in [1.54, 1.807) is 27.7 Å². The first-order chi connectivity index (χ1) is 21.2. The number of rotatable bonds is 18. The summed E-state index contributed by atoms with van der Waals surface area (Å²) in [4.78, 5) is 51.1. The summed E-state index contributed by atoms with van der Waals surface area (Å²) in [5.41, 5.74) is 1.84. The molecule has 0 saturated heterocycles. The molecule has 0 spiro atoms. The summed E-state index contributed by atoms with van der Waals surface area (Å²) in [6.45, 7) is 7.69. The van der Waals surface area contributed by atoms with E-state index in [0.29, 0.717) is 27.4 Å². The monoisotopic (exact) mass is 608 g/mol. The van der Waals surface area contributed by atoms with Crippen molar-refractivity contribution in [2.45, 2.75) is 52.9 Å². The minimum atomic E-state index is -0.552. The topological polar surface area (TPSA) is 151 Å². The van der Waals surface area contributed by atoms with Crippen molar-refractivity contribution >= 4 is 38.1 Å². The van der Waals surface area contributed by atoms with E-state index >= 15 is 0 Å². The molecule has 2 aromatic carbocycles. The zero-order chi connectivity index (χ0) is 32.7. The molecule has 0 aliphatic rings. The molecule has 2 rings (SSSR count). The van der Waals surface area contributed by atoms with Crippen molar-refractivity contribution in [3.8, 4) is 0 Å². The Morgan fingerprint density at radius 3 is 1.30 bits per heavy atom. The average molecular weight is 608 g/mol. The Labute approximate surface area is 260 Å². The van der Waals surface area contributed by atoms with Crippen LogP contribution in [0.4, 0.5) is 0 Å². The van der Waals surface area contributed by atoms with Crippen molar-refractivity contribution in [3.05, 3.63) is 71.8 Å². The van der Waals surface area contributed by atoms with E-state index in [4.69, 9.17) is 9.47 Å². The molecule has 44 heavy (non-hydrogen) atoms. The first-order valence-corrected chi connectivity index (χ1v) is 14.5. The van der Waals surface area contributed by atoms with Gasteiger partial charge in [0.2, 0.25) is 0 Å². The number of esters is 2. The van der Waals surface area contributed by atoms with Crippen LogP contribution in [0, 0.1) is 0 Å². The third-order valence-corrected chi connectivity index (χ3v) is 6.06. The fraction of sp³-hybridized carbons (Fsp3) is 0.467. The van der Waals surface area contributed by atoms with E-state index in [1.165, 1.54) is 9.80 Å². The Balaban J connectivity index is 0.000000440. The molecule has 0 aliphatic heterocycles. The van der Waals surface area contributed by atoms with E-state index in [1.807, 2.05) is 60.7 Å². The number of amides is 2. The standard InChI is InChI=1S/2C15H21BN2O4/c2*1-3-22-14(19)10-18(9-13-7-5-4-6-8-13)15(20)12(2)17-11-16-21/h2*4-8,12,17H,3,9-11H2,1-2H3/t2*12-/m00/s1. The number of nitrogens with one attached hydrogen (secondary N) is 2. The SMILES string of the molecule is CCOC(=O)CN(Cc1ccccc1)C(=O)[C@H](C)NCB=O.CCOC(=O)CN(Cc1ccccc1)C(=O)[C@H](C)NCB=O. The molecule has 236 valence electrons. The number of hydrogen-bond acceptors (Lipinski definition) is 10. The Kier molecular flexibility index (Phi) is 19.4. The van der Waals surface area contributed by atoms with Crippen molar-refractivity contribution in [1.29, 1.82) is 0 Å². The summed E-state index contributed by atoms with van der Waals surface area (Å²) in [7, 11) is 1.38. The number of carbonyl (C=O) groups excluding carboxylic acids is 4. The fourth-order valence-electron chi connectivity index (χ4n) is 3.93. The first-order valence-electron chi connectivity index (χ1n) is 14.5. The van der Waals surface area contributed by atoms with Crippen LogP contribution in [-0.2, 0) is 51.2 Å². The van der Waals surface area contributed by atoms with Gasteiger partial charge in [0.05, 0.1) is 0 Å². The summed E-state index contributed by atoms with van der Waals surface area (Å²) < 4.78 is 30.6. The van der Waals surface area contributed by atoms with E-state index < -0.39 is 24.0 Å². The second-order valence-corrected chi connectivity index (χ2v) is 9.56. The van der Waals surface area contributed by atoms with Gasteiger partial charge in [-0.15, -0.1) is 0 Å². The first kappa shape index (κ1) is 38.0. The van der Waals surface area contributed by atoms with Crippen LogP contribution in [0.3, 0.4) is 0 Å². The van der Waals surface area contributed by atoms with Gasteiger partial charge in [0.25, 0.3) is 0 Å². The van der Waals surface area contributed by atoms with Gasteiger partial charge in [-0.25, -0.2) is 0 Å². The number of hydrogen-bond donors (Lipinski definition) is 2. The summed E-state index contributed by atoms with van der Waals surface area (Å²) in [5, 5.41) is 5.58. The Hall–Kier alpha value is -4.03. The van der Waals surface area contributed by atoms with Gasteiger partial charge in [0.15, 0.2) is 0 Å². The summed E-state index contributed by atoms with van der Waals surface area (Å²) in [6, 6.07) is 17.7. The zero-order valence-corrected chi connectivity index (χ0v) is 25.9. The van der Waals surface area contributed by atoms with Crippen LogP contribution in [-0.4, -0.2) is 99.1 Å². The molecule has 0 unspecified atom stereocenters. The Bertz CT molecular complexity index is 1080. The van der Waals surface area contributed by atoms with Crippen LogP contribution < -0.4 is 10.6 Å². The van der Waals surface area contributed by atoms with Crippen molar-refractivity contribution in [2.24, 2.45) is 0 Å². The number of benzene rings is 2. The predicted molar refractivity (Wildman–Crippen MR) is 165 cm³/mol. The van der Waals surface area contributed by atoms with Crippen molar-refractivity contribution in [3.63, 3.8) is 0 Å². The summed E-state index contributed by atoms with van der Waals surface area (Å²) in [5.74, 6) is -1.40. The molecule has 0 aromatic heterocycles. The summed E-state index contributed by atoms with van der Waals surface area (Å²) >= 11 is 0. The molecule has 2 N–H and O–H groups in total. The van der Waals surface area contributed by atoms with Gasteiger partial charge < -0.3 is 0 Å². The van der Waals surface area contributed by atoms with Gasteiger partial charge in [0.1, 0.15) is 0 Å². The Morgan fingerprint density at radius 1 is 0.659 bits per heavy atom. The average Bonchev–Trinajstić information content (AvgIpc) is 3.02. The fourth-order valence-corrected chi connectivity index (χ4v) is 3.93. The maximum atomic E-state index is 12.4. The quantitative estimate of drug-likeness (QED) is 0.186. The second kappa shape index (κ2) is 22.5. The van der Waals surface area contributed by atoms with Crippen molar-refractivity contribution in [1.82, 2.24) is 20.4 Å².